The first kappa shape index (κ1) is 15.5. The second-order valence-electron chi connectivity index (χ2n) is 4.81. The number of aromatic nitrogens is 1. The van der Waals surface area contributed by atoms with E-state index < -0.39 is 0 Å². The summed E-state index contributed by atoms with van der Waals surface area (Å²) in [6.07, 6.45) is 4.25. The molecule has 2 nitrogen and oxygen atoms in total. The molecule has 0 aliphatic rings. The van der Waals surface area contributed by atoms with E-state index in [0.29, 0.717) is 6.04 Å². The Labute approximate surface area is 130 Å². The van der Waals surface area contributed by atoms with E-state index in [1.54, 1.807) is 11.3 Å². The Kier molecular flexibility index (Phi) is 6.07. The monoisotopic (exact) mass is 306 g/mol. The number of hydrogen-bond donors (Lipinski definition) is 1. The van der Waals surface area contributed by atoms with E-state index in [2.05, 4.69) is 60.0 Å². The van der Waals surface area contributed by atoms with Crippen LogP contribution in [0.5, 0.6) is 0 Å². The van der Waals surface area contributed by atoms with Gasteiger partial charge in [-0.15, -0.1) is 23.1 Å². The number of rotatable bonds is 7. The summed E-state index contributed by atoms with van der Waals surface area (Å²) < 4.78 is 0. The molecule has 20 heavy (non-hydrogen) atoms. The van der Waals surface area contributed by atoms with Gasteiger partial charge in [-0.2, -0.15) is 0 Å². The van der Waals surface area contributed by atoms with Crippen molar-refractivity contribution in [3.8, 4) is 0 Å². The van der Waals surface area contributed by atoms with Gasteiger partial charge >= 0.3 is 0 Å². The average molecular weight is 307 g/mol. The molecule has 0 spiro atoms. The van der Waals surface area contributed by atoms with E-state index in [9.17, 15) is 0 Å². The van der Waals surface area contributed by atoms with Crippen molar-refractivity contribution in [3.05, 3.63) is 45.9 Å². The molecule has 1 aromatic carbocycles. The van der Waals surface area contributed by atoms with Gasteiger partial charge in [0.2, 0.25) is 0 Å². The summed E-state index contributed by atoms with van der Waals surface area (Å²) in [5.41, 5.74) is 2.58. The molecule has 1 aromatic heterocycles. The minimum atomic E-state index is 0.347. The summed E-state index contributed by atoms with van der Waals surface area (Å²) >= 11 is 3.55. The third-order valence-corrected chi connectivity index (χ3v) is 4.87. The fourth-order valence-corrected chi connectivity index (χ4v) is 3.56. The number of thiazole rings is 1. The average Bonchev–Trinajstić information content (AvgIpc) is 2.88. The van der Waals surface area contributed by atoms with Crippen molar-refractivity contribution >= 4 is 23.1 Å². The normalized spacial score (nSPS) is 12.6. The van der Waals surface area contributed by atoms with Gasteiger partial charge in [0.25, 0.3) is 0 Å². The van der Waals surface area contributed by atoms with Crippen molar-refractivity contribution in [2.45, 2.75) is 37.6 Å². The summed E-state index contributed by atoms with van der Waals surface area (Å²) in [5, 5.41) is 6.99. The summed E-state index contributed by atoms with van der Waals surface area (Å²) in [7, 11) is 0. The van der Waals surface area contributed by atoms with Crippen LogP contribution in [-0.4, -0.2) is 17.8 Å². The second-order valence-corrected chi connectivity index (χ2v) is 6.72. The van der Waals surface area contributed by atoms with Crippen molar-refractivity contribution in [2.24, 2.45) is 0 Å². The third-order valence-electron chi connectivity index (χ3n) is 3.23. The summed E-state index contributed by atoms with van der Waals surface area (Å²) in [6, 6.07) is 9.02. The van der Waals surface area contributed by atoms with Crippen LogP contribution in [0.25, 0.3) is 0 Å². The number of nitrogens with zero attached hydrogens (tertiary/aromatic N) is 1. The largest absolute Gasteiger partial charge is 0.310 e. The number of benzene rings is 1. The summed E-state index contributed by atoms with van der Waals surface area (Å²) in [6.45, 7) is 5.31. The Hall–Kier alpha value is -0.840. The molecule has 0 amide bonds. The quantitative estimate of drug-likeness (QED) is 0.765. The molecule has 0 saturated carbocycles. The van der Waals surface area contributed by atoms with E-state index in [1.165, 1.54) is 16.2 Å². The second kappa shape index (κ2) is 7.81. The molecule has 4 heteroatoms. The molecule has 0 radical (unpaired) electrons. The van der Waals surface area contributed by atoms with Crippen molar-refractivity contribution in [1.82, 2.24) is 10.3 Å². The van der Waals surface area contributed by atoms with Crippen LogP contribution in [0.15, 0.2) is 34.5 Å². The highest BCUT2D eigenvalue weighted by molar-refractivity contribution is 7.98. The molecule has 2 aromatic rings. The molecule has 1 N–H and O–H groups in total. The molecule has 1 heterocycles. The molecule has 108 valence electrons. The Bertz CT molecular complexity index is 537. The lowest BCUT2D eigenvalue weighted by Crippen LogP contribution is -2.24. The van der Waals surface area contributed by atoms with Crippen molar-refractivity contribution in [3.63, 3.8) is 0 Å². The van der Waals surface area contributed by atoms with Crippen LogP contribution in [0.1, 0.15) is 35.7 Å². The lowest BCUT2D eigenvalue weighted by molar-refractivity contribution is 0.519. The van der Waals surface area contributed by atoms with E-state index in [-0.39, 0.29) is 0 Å². The molecule has 0 saturated heterocycles. The van der Waals surface area contributed by atoms with E-state index >= 15 is 0 Å². The standard InChI is InChI=1S/C16H22N2S2/c1-4-9-17-15(10-13-11-20-12(2)18-13)14-7-5-6-8-16(14)19-3/h5-8,11,15,17H,4,9-10H2,1-3H3. The van der Waals surface area contributed by atoms with Crippen LogP contribution in [0.3, 0.4) is 0 Å². The predicted molar refractivity (Wildman–Crippen MR) is 89.8 cm³/mol. The first-order chi connectivity index (χ1) is 9.74. The number of thioether (sulfide) groups is 1. The van der Waals surface area contributed by atoms with Crippen LogP contribution in [0, 0.1) is 6.92 Å². The molecule has 0 aliphatic carbocycles. The molecular formula is C16H22N2S2. The smallest absolute Gasteiger partial charge is 0.0897 e. The fraction of sp³-hybridized carbons (Fsp3) is 0.438. The highest BCUT2D eigenvalue weighted by Gasteiger charge is 2.16. The van der Waals surface area contributed by atoms with Crippen LogP contribution >= 0.6 is 23.1 Å². The SMILES string of the molecule is CCCNC(Cc1csc(C)n1)c1ccccc1SC. The van der Waals surface area contributed by atoms with Gasteiger partial charge in [0.05, 0.1) is 10.7 Å². The van der Waals surface area contributed by atoms with Crippen LogP contribution < -0.4 is 5.32 Å². The van der Waals surface area contributed by atoms with E-state index in [0.717, 1.165) is 24.4 Å². The van der Waals surface area contributed by atoms with Crippen molar-refractivity contribution in [2.75, 3.05) is 12.8 Å². The van der Waals surface area contributed by atoms with Gasteiger partial charge in [-0.1, -0.05) is 25.1 Å². The highest BCUT2D eigenvalue weighted by atomic mass is 32.2. The molecule has 1 unspecified atom stereocenters. The molecule has 0 fully saturated rings. The highest BCUT2D eigenvalue weighted by Crippen LogP contribution is 2.28. The lowest BCUT2D eigenvalue weighted by Gasteiger charge is -2.20. The van der Waals surface area contributed by atoms with Gasteiger partial charge in [0.1, 0.15) is 0 Å². The Morgan fingerprint density at radius 2 is 2.15 bits per heavy atom. The first-order valence-corrected chi connectivity index (χ1v) is 9.12. The Morgan fingerprint density at radius 1 is 1.35 bits per heavy atom. The van der Waals surface area contributed by atoms with Gasteiger partial charge in [0.15, 0.2) is 0 Å². The van der Waals surface area contributed by atoms with Gasteiger partial charge in [-0.25, -0.2) is 4.98 Å². The predicted octanol–water partition coefficient (Wildman–Crippen LogP) is 4.46. The Balaban J connectivity index is 2.22. The fourth-order valence-electron chi connectivity index (χ4n) is 2.28. The number of nitrogens with one attached hydrogen (secondary N) is 1. The lowest BCUT2D eigenvalue weighted by atomic mass is 10.0. The zero-order chi connectivity index (χ0) is 14.4. The van der Waals surface area contributed by atoms with Gasteiger partial charge in [-0.05, 0) is 37.8 Å². The number of hydrogen-bond acceptors (Lipinski definition) is 4. The minimum Gasteiger partial charge on any atom is -0.310 e. The topological polar surface area (TPSA) is 24.9 Å². The van der Waals surface area contributed by atoms with Gasteiger partial charge < -0.3 is 5.32 Å². The summed E-state index contributed by atoms with van der Waals surface area (Å²) in [4.78, 5) is 5.97. The van der Waals surface area contributed by atoms with Crippen LogP contribution in [0.2, 0.25) is 0 Å². The molecule has 1 atom stereocenters. The van der Waals surface area contributed by atoms with Gasteiger partial charge in [-0.3, -0.25) is 0 Å². The zero-order valence-corrected chi connectivity index (χ0v) is 14.0. The third kappa shape index (κ3) is 4.08. The Morgan fingerprint density at radius 3 is 2.80 bits per heavy atom. The number of aryl methyl sites for hydroxylation is 1. The van der Waals surface area contributed by atoms with E-state index in [4.69, 9.17) is 0 Å². The zero-order valence-electron chi connectivity index (χ0n) is 12.3. The first-order valence-electron chi connectivity index (χ1n) is 7.02. The minimum absolute atomic E-state index is 0.347. The molecule has 0 bridgehead atoms. The summed E-state index contributed by atoms with van der Waals surface area (Å²) in [5.74, 6) is 0. The molecule has 2 rings (SSSR count). The molecule has 0 aliphatic heterocycles. The van der Waals surface area contributed by atoms with Crippen molar-refractivity contribution < 1.29 is 0 Å². The maximum Gasteiger partial charge on any atom is 0.0897 e. The van der Waals surface area contributed by atoms with Crippen LogP contribution in [-0.2, 0) is 6.42 Å². The van der Waals surface area contributed by atoms with Crippen LogP contribution in [0.4, 0.5) is 0 Å². The van der Waals surface area contributed by atoms with E-state index in [1.807, 2.05) is 11.8 Å². The maximum absolute atomic E-state index is 4.61. The maximum atomic E-state index is 4.61. The molecular weight excluding hydrogens is 284 g/mol. The van der Waals surface area contributed by atoms with Crippen molar-refractivity contribution in [1.29, 1.82) is 0 Å². The van der Waals surface area contributed by atoms with Gasteiger partial charge in [0, 0.05) is 22.7 Å².